The van der Waals surface area contributed by atoms with Crippen LogP contribution < -0.4 is 0 Å². The summed E-state index contributed by atoms with van der Waals surface area (Å²) in [7, 11) is 0. The maximum Gasteiger partial charge on any atom is 0.126 e. The van der Waals surface area contributed by atoms with Crippen molar-refractivity contribution in [2.45, 2.75) is 27.7 Å². The zero-order valence-corrected chi connectivity index (χ0v) is 7.72. The second-order valence-electron chi connectivity index (χ2n) is 3.78. The molecule has 1 fully saturated rings. The highest BCUT2D eigenvalue weighted by Crippen LogP contribution is 2.60. The van der Waals surface area contributed by atoms with Crippen LogP contribution in [0.1, 0.15) is 27.7 Å². The maximum absolute atomic E-state index is 10.7. The predicted molar refractivity (Wildman–Crippen MR) is 46.3 cm³/mol. The van der Waals surface area contributed by atoms with Crippen molar-refractivity contribution in [3.8, 4) is 0 Å². The van der Waals surface area contributed by atoms with Gasteiger partial charge in [-0.25, -0.2) is 0 Å². The van der Waals surface area contributed by atoms with Crippen molar-refractivity contribution >= 4 is 6.29 Å². The van der Waals surface area contributed by atoms with Gasteiger partial charge in [0.1, 0.15) is 6.29 Å². The van der Waals surface area contributed by atoms with Crippen LogP contribution in [-0.4, -0.2) is 6.29 Å². The minimum absolute atomic E-state index is 0.0589. The molecule has 1 saturated carbocycles. The van der Waals surface area contributed by atoms with E-state index in [2.05, 4.69) is 19.9 Å². The van der Waals surface area contributed by atoms with Crippen molar-refractivity contribution in [3.63, 3.8) is 0 Å². The summed E-state index contributed by atoms with van der Waals surface area (Å²) >= 11 is 0. The van der Waals surface area contributed by atoms with Gasteiger partial charge in [0.25, 0.3) is 0 Å². The molecule has 0 bridgehead atoms. The molecule has 0 aromatic heterocycles. The van der Waals surface area contributed by atoms with E-state index in [0.717, 1.165) is 6.29 Å². The van der Waals surface area contributed by atoms with E-state index >= 15 is 0 Å². The Bertz CT molecular complexity index is 205. The fraction of sp³-hybridized carbons (Fsp3) is 0.700. The van der Waals surface area contributed by atoms with Gasteiger partial charge in [0.2, 0.25) is 0 Å². The molecule has 0 aliphatic heterocycles. The van der Waals surface area contributed by atoms with E-state index in [1.807, 2.05) is 13.8 Å². The lowest BCUT2D eigenvalue weighted by atomic mass is 10.0. The standard InChI is InChI=1S/C10H16O/c1-5-7(2)9-8(3)10(9,4)6-11/h5-6,8-9H,1-4H3/b7-5-. The van der Waals surface area contributed by atoms with Crippen molar-refractivity contribution in [1.82, 2.24) is 0 Å². The van der Waals surface area contributed by atoms with Gasteiger partial charge in [0.15, 0.2) is 0 Å². The third kappa shape index (κ3) is 1.03. The monoisotopic (exact) mass is 152 g/mol. The first-order chi connectivity index (χ1) is 5.07. The molecular formula is C10H16O. The third-order valence-electron chi connectivity index (χ3n) is 3.24. The quantitative estimate of drug-likeness (QED) is 0.438. The third-order valence-corrected chi connectivity index (χ3v) is 3.24. The van der Waals surface area contributed by atoms with Gasteiger partial charge in [-0.2, -0.15) is 0 Å². The number of hydrogen-bond acceptors (Lipinski definition) is 1. The number of allylic oxidation sites excluding steroid dienone is 2. The maximum atomic E-state index is 10.7. The first-order valence-electron chi connectivity index (χ1n) is 4.17. The van der Waals surface area contributed by atoms with Gasteiger partial charge in [-0.3, -0.25) is 0 Å². The van der Waals surface area contributed by atoms with E-state index in [1.165, 1.54) is 5.57 Å². The van der Waals surface area contributed by atoms with Crippen molar-refractivity contribution in [2.75, 3.05) is 0 Å². The summed E-state index contributed by atoms with van der Waals surface area (Å²) in [6.07, 6.45) is 3.21. The molecule has 0 N–H and O–H groups in total. The Kier molecular flexibility index (Phi) is 1.91. The van der Waals surface area contributed by atoms with Crippen LogP contribution in [0.3, 0.4) is 0 Å². The zero-order valence-electron chi connectivity index (χ0n) is 7.72. The fourth-order valence-electron chi connectivity index (χ4n) is 2.00. The smallest absolute Gasteiger partial charge is 0.126 e. The van der Waals surface area contributed by atoms with Crippen molar-refractivity contribution < 1.29 is 4.79 Å². The van der Waals surface area contributed by atoms with Crippen LogP contribution in [-0.2, 0) is 4.79 Å². The lowest BCUT2D eigenvalue weighted by Crippen LogP contribution is -2.00. The van der Waals surface area contributed by atoms with E-state index in [9.17, 15) is 4.79 Å². The Balaban J connectivity index is 2.76. The first kappa shape index (κ1) is 8.51. The summed E-state index contributed by atoms with van der Waals surface area (Å²) in [6.45, 7) is 8.33. The van der Waals surface area contributed by atoms with Crippen LogP contribution in [0.5, 0.6) is 0 Å². The van der Waals surface area contributed by atoms with E-state index in [4.69, 9.17) is 0 Å². The van der Waals surface area contributed by atoms with Crippen molar-refractivity contribution in [1.29, 1.82) is 0 Å². The molecule has 1 heteroatoms. The van der Waals surface area contributed by atoms with Crippen LogP contribution >= 0.6 is 0 Å². The van der Waals surface area contributed by atoms with Gasteiger partial charge >= 0.3 is 0 Å². The minimum Gasteiger partial charge on any atom is -0.303 e. The van der Waals surface area contributed by atoms with Crippen LogP contribution in [0.4, 0.5) is 0 Å². The largest absolute Gasteiger partial charge is 0.303 e. The van der Waals surface area contributed by atoms with E-state index in [1.54, 1.807) is 0 Å². The second kappa shape index (κ2) is 2.47. The summed E-state index contributed by atoms with van der Waals surface area (Å²) in [4.78, 5) is 10.7. The van der Waals surface area contributed by atoms with Gasteiger partial charge in [-0.15, -0.1) is 0 Å². The van der Waals surface area contributed by atoms with Gasteiger partial charge in [0, 0.05) is 5.41 Å². The number of carbonyl (C=O) groups is 1. The molecule has 62 valence electrons. The zero-order chi connectivity index (χ0) is 8.65. The highest BCUT2D eigenvalue weighted by Gasteiger charge is 2.58. The molecule has 1 nitrogen and oxygen atoms in total. The molecule has 1 aliphatic rings. The Hall–Kier alpha value is -0.590. The molecule has 0 spiro atoms. The van der Waals surface area contributed by atoms with Crippen LogP contribution in [0, 0.1) is 17.3 Å². The Morgan fingerprint density at radius 2 is 2.09 bits per heavy atom. The Morgan fingerprint density at radius 3 is 2.36 bits per heavy atom. The second-order valence-corrected chi connectivity index (χ2v) is 3.78. The lowest BCUT2D eigenvalue weighted by molar-refractivity contribution is -0.112. The van der Waals surface area contributed by atoms with Crippen molar-refractivity contribution in [3.05, 3.63) is 11.6 Å². The van der Waals surface area contributed by atoms with E-state index in [0.29, 0.717) is 11.8 Å². The van der Waals surface area contributed by atoms with Gasteiger partial charge in [-0.1, -0.05) is 25.5 Å². The molecular weight excluding hydrogens is 136 g/mol. The summed E-state index contributed by atoms with van der Waals surface area (Å²) in [5.41, 5.74) is 1.29. The number of carbonyl (C=O) groups excluding carboxylic acids is 1. The average molecular weight is 152 g/mol. The number of aldehydes is 1. The summed E-state index contributed by atoms with van der Waals surface area (Å²) < 4.78 is 0. The van der Waals surface area contributed by atoms with E-state index < -0.39 is 0 Å². The predicted octanol–water partition coefficient (Wildman–Crippen LogP) is 2.42. The van der Waals surface area contributed by atoms with Crippen LogP contribution in [0.15, 0.2) is 11.6 Å². The summed E-state index contributed by atoms with van der Waals surface area (Å²) in [5, 5.41) is 0. The fourth-order valence-corrected chi connectivity index (χ4v) is 2.00. The molecule has 3 atom stereocenters. The van der Waals surface area contributed by atoms with E-state index in [-0.39, 0.29) is 5.41 Å². The first-order valence-corrected chi connectivity index (χ1v) is 4.17. The normalized spacial score (nSPS) is 43.8. The number of rotatable bonds is 2. The van der Waals surface area contributed by atoms with Gasteiger partial charge in [-0.05, 0) is 25.7 Å². The Morgan fingerprint density at radius 1 is 1.55 bits per heavy atom. The number of hydrogen-bond donors (Lipinski definition) is 0. The molecule has 11 heavy (non-hydrogen) atoms. The molecule has 1 aliphatic carbocycles. The summed E-state index contributed by atoms with van der Waals surface area (Å²) in [6, 6.07) is 0. The average Bonchev–Trinajstić information content (AvgIpc) is 2.55. The molecule has 3 unspecified atom stereocenters. The minimum atomic E-state index is -0.0589. The Labute approximate surface area is 68.5 Å². The molecule has 0 saturated heterocycles. The molecule has 0 heterocycles. The van der Waals surface area contributed by atoms with Crippen molar-refractivity contribution in [2.24, 2.45) is 17.3 Å². The SMILES string of the molecule is C/C=C(/C)C1C(C)C1(C)C=O. The molecule has 0 aromatic rings. The molecule has 0 radical (unpaired) electrons. The van der Waals surface area contributed by atoms with Crippen LogP contribution in [0.25, 0.3) is 0 Å². The lowest BCUT2D eigenvalue weighted by Gasteiger charge is -1.99. The summed E-state index contributed by atoms with van der Waals surface area (Å²) in [5.74, 6) is 1.04. The highest BCUT2D eigenvalue weighted by molar-refractivity contribution is 5.66. The van der Waals surface area contributed by atoms with Gasteiger partial charge < -0.3 is 4.79 Å². The molecule has 0 amide bonds. The molecule has 0 aromatic carbocycles. The van der Waals surface area contributed by atoms with Gasteiger partial charge in [0.05, 0.1) is 0 Å². The van der Waals surface area contributed by atoms with Crippen LogP contribution in [0.2, 0.25) is 0 Å². The highest BCUT2D eigenvalue weighted by atomic mass is 16.1. The molecule has 1 rings (SSSR count). The topological polar surface area (TPSA) is 17.1 Å².